The summed E-state index contributed by atoms with van der Waals surface area (Å²) in [5.41, 5.74) is 1.01. The van der Waals surface area contributed by atoms with E-state index in [2.05, 4.69) is 25.2 Å². The Balaban J connectivity index is 1.30. The van der Waals surface area contributed by atoms with Crippen LogP contribution in [0.2, 0.25) is 0 Å². The van der Waals surface area contributed by atoms with Crippen LogP contribution < -0.4 is 5.32 Å². The number of nitrogens with one attached hydrogen (secondary N) is 1. The van der Waals surface area contributed by atoms with E-state index in [1.165, 1.54) is 57.8 Å². The van der Waals surface area contributed by atoms with Crippen molar-refractivity contribution in [2.24, 2.45) is 22.7 Å². The fraction of sp³-hybridized carbons (Fsp3) is 0.913. The average molecular weight is 372 g/mol. The van der Waals surface area contributed by atoms with Crippen molar-refractivity contribution < 1.29 is 4.79 Å². The van der Waals surface area contributed by atoms with Crippen molar-refractivity contribution in [2.75, 3.05) is 13.1 Å². The van der Waals surface area contributed by atoms with Crippen LogP contribution in [-0.2, 0) is 4.79 Å². The molecule has 4 nitrogen and oxygen atoms in total. The molecule has 1 saturated heterocycles. The molecule has 2 unspecified atom stereocenters. The number of rotatable bonds is 4. The Morgan fingerprint density at radius 2 is 1.81 bits per heavy atom. The fourth-order valence-electron chi connectivity index (χ4n) is 7.34. The summed E-state index contributed by atoms with van der Waals surface area (Å²) in [6.07, 6.45) is 14.2. The van der Waals surface area contributed by atoms with Gasteiger partial charge >= 0.3 is 0 Å². The van der Waals surface area contributed by atoms with Crippen molar-refractivity contribution in [3.63, 3.8) is 0 Å². The van der Waals surface area contributed by atoms with Crippen LogP contribution in [0.3, 0.4) is 0 Å². The molecule has 1 N–H and O–H groups in total. The number of hydrogen-bond acceptors (Lipinski definition) is 3. The number of carbonyl (C=O) groups excluding carboxylic acids is 1. The first kappa shape index (κ1) is 19.2. The number of hydrogen-bond donors (Lipinski definition) is 1. The van der Waals surface area contributed by atoms with Crippen LogP contribution in [0.5, 0.6) is 0 Å². The van der Waals surface area contributed by atoms with Gasteiger partial charge in [-0.2, -0.15) is 5.26 Å². The van der Waals surface area contributed by atoms with Gasteiger partial charge in [0.25, 0.3) is 0 Å². The molecular weight excluding hydrogens is 334 g/mol. The van der Waals surface area contributed by atoms with Crippen LogP contribution in [0.15, 0.2) is 0 Å². The second-order valence-electron chi connectivity index (χ2n) is 10.6. The van der Waals surface area contributed by atoms with E-state index >= 15 is 0 Å². The van der Waals surface area contributed by atoms with Crippen LogP contribution >= 0.6 is 0 Å². The van der Waals surface area contributed by atoms with Gasteiger partial charge in [-0.25, -0.2) is 0 Å². The van der Waals surface area contributed by atoms with Gasteiger partial charge in [0.1, 0.15) is 6.04 Å². The molecule has 0 aromatic carbocycles. The maximum absolute atomic E-state index is 12.5. The number of fused-ring (bicyclic) bond motifs is 1. The predicted molar refractivity (Wildman–Crippen MR) is 107 cm³/mol. The zero-order valence-electron chi connectivity index (χ0n) is 17.3. The third-order valence-corrected chi connectivity index (χ3v) is 8.64. The van der Waals surface area contributed by atoms with Crippen LogP contribution in [0.1, 0.15) is 84.5 Å². The zero-order chi connectivity index (χ0) is 19.1. The minimum Gasteiger partial charge on any atom is -0.326 e. The van der Waals surface area contributed by atoms with Gasteiger partial charge in [0.2, 0.25) is 5.91 Å². The normalized spacial score (nSPS) is 42.3. The molecule has 1 amide bonds. The SMILES string of the molecule is CC1(C2CCCCC2)C[C@@H]2CC(NCC(=O)N3CCC[C@H]3C#N)C[C@]2(C)C1. The monoisotopic (exact) mass is 371 g/mol. The Kier molecular flexibility index (Phi) is 5.27. The number of carbonyl (C=O) groups is 1. The largest absolute Gasteiger partial charge is 0.326 e. The molecule has 4 aliphatic rings. The van der Waals surface area contributed by atoms with Crippen LogP contribution in [0, 0.1) is 34.0 Å². The van der Waals surface area contributed by atoms with Gasteiger partial charge < -0.3 is 10.2 Å². The van der Waals surface area contributed by atoms with Gasteiger partial charge in [-0.3, -0.25) is 4.79 Å². The third kappa shape index (κ3) is 3.65. The zero-order valence-corrected chi connectivity index (χ0v) is 17.3. The van der Waals surface area contributed by atoms with Gasteiger partial charge in [0, 0.05) is 12.6 Å². The van der Waals surface area contributed by atoms with E-state index < -0.39 is 0 Å². The van der Waals surface area contributed by atoms with E-state index in [4.69, 9.17) is 0 Å². The van der Waals surface area contributed by atoms with Crippen molar-refractivity contribution in [1.29, 1.82) is 5.26 Å². The van der Waals surface area contributed by atoms with E-state index in [1.807, 2.05) is 0 Å². The van der Waals surface area contributed by atoms with Crippen molar-refractivity contribution in [3.05, 3.63) is 0 Å². The molecule has 1 heterocycles. The first-order valence-electron chi connectivity index (χ1n) is 11.4. The Morgan fingerprint density at radius 3 is 2.52 bits per heavy atom. The molecular formula is C23H37N3O. The number of nitrogens with zero attached hydrogens (tertiary/aromatic N) is 2. The summed E-state index contributed by atoms with van der Waals surface area (Å²) in [7, 11) is 0. The van der Waals surface area contributed by atoms with E-state index in [-0.39, 0.29) is 11.9 Å². The predicted octanol–water partition coefficient (Wildman–Crippen LogP) is 4.26. The highest BCUT2D eigenvalue weighted by atomic mass is 16.2. The van der Waals surface area contributed by atoms with Gasteiger partial charge in [-0.05, 0) is 74.0 Å². The summed E-state index contributed by atoms with van der Waals surface area (Å²) in [6.45, 7) is 6.25. The first-order valence-corrected chi connectivity index (χ1v) is 11.4. The lowest BCUT2D eigenvalue weighted by atomic mass is 9.67. The van der Waals surface area contributed by atoms with Crippen molar-refractivity contribution >= 4 is 5.91 Å². The maximum Gasteiger partial charge on any atom is 0.237 e. The van der Waals surface area contributed by atoms with Crippen molar-refractivity contribution in [3.8, 4) is 6.07 Å². The van der Waals surface area contributed by atoms with E-state index in [1.54, 1.807) is 4.90 Å². The van der Waals surface area contributed by atoms with E-state index in [0.29, 0.717) is 23.4 Å². The average Bonchev–Trinajstić information content (AvgIpc) is 3.31. The van der Waals surface area contributed by atoms with Gasteiger partial charge in [-0.15, -0.1) is 0 Å². The lowest BCUT2D eigenvalue weighted by Gasteiger charge is -2.39. The Labute approximate surface area is 165 Å². The highest BCUT2D eigenvalue weighted by Gasteiger charge is 2.56. The number of nitriles is 1. The summed E-state index contributed by atoms with van der Waals surface area (Å²) < 4.78 is 0. The number of amides is 1. The molecule has 4 fully saturated rings. The minimum absolute atomic E-state index is 0.119. The van der Waals surface area contributed by atoms with E-state index in [0.717, 1.165) is 31.2 Å². The molecule has 0 aromatic heterocycles. The van der Waals surface area contributed by atoms with Gasteiger partial charge in [0.15, 0.2) is 0 Å². The third-order valence-electron chi connectivity index (χ3n) is 8.64. The molecule has 5 atom stereocenters. The summed E-state index contributed by atoms with van der Waals surface area (Å²) in [6, 6.07) is 2.56. The second kappa shape index (κ2) is 7.39. The van der Waals surface area contributed by atoms with Crippen LogP contribution in [-0.4, -0.2) is 36.0 Å². The Hall–Kier alpha value is -1.08. The highest BCUT2D eigenvalue weighted by molar-refractivity contribution is 5.79. The molecule has 0 spiro atoms. The molecule has 3 saturated carbocycles. The van der Waals surface area contributed by atoms with Crippen LogP contribution in [0.4, 0.5) is 0 Å². The molecule has 4 heteroatoms. The van der Waals surface area contributed by atoms with Crippen LogP contribution in [0.25, 0.3) is 0 Å². The van der Waals surface area contributed by atoms with E-state index in [9.17, 15) is 10.1 Å². The topological polar surface area (TPSA) is 56.1 Å². The molecule has 0 aromatic rings. The molecule has 4 rings (SSSR count). The second-order valence-corrected chi connectivity index (χ2v) is 10.6. The van der Waals surface area contributed by atoms with Crippen molar-refractivity contribution in [1.82, 2.24) is 10.2 Å². The summed E-state index contributed by atoms with van der Waals surface area (Å²) >= 11 is 0. The number of likely N-dealkylation sites (tertiary alicyclic amines) is 1. The maximum atomic E-state index is 12.5. The van der Waals surface area contributed by atoms with Gasteiger partial charge in [0.05, 0.1) is 12.6 Å². The first-order chi connectivity index (χ1) is 12.9. The van der Waals surface area contributed by atoms with Crippen molar-refractivity contribution in [2.45, 2.75) is 96.6 Å². The molecule has 3 aliphatic carbocycles. The quantitative estimate of drug-likeness (QED) is 0.803. The standard InChI is InChI=1S/C23H37N3O/c1-22(17-7-4-3-5-8-17)12-18-11-19(13-23(18,2)16-22)25-15-21(27)26-10-6-9-20(26)14-24/h17-20,25H,3-13,15-16H2,1-2H3/t18-,19?,20-,22?,23+/m0/s1. The highest BCUT2D eigenvalue weighted by Crippen LogP contribution is 2.64. The molecule has 27 heavy (non-hydrogen) atoms. The summed E-state index contributed by atoms with van der Waals surface area (Å²) in [5.74, 6) is 1.88. The minimum atomic E-state index is -0.198. The summed E-state index contributed by atoms with van der Waals surface area (Å²) in [4.78, 5) is 14.3. The molecule has 0 radical (unpaired) electrons. The summed E-state index contributed by atoms with van der Waals surface area (Å²) in [5, 5.41) is 12.8. The smallest absolute Gasteiger partial charge is 0.237 e. The molecule has 1 aliphatic heterocycles. The Bertz CT molecular complexity index is 607. The Morgan fingerprint density at radius 1 is 1.07 bits per heavy atom. The molecule has 0 bridgehead atoms. The van der Waals surface area contributed by atoms with Gasteiger partial charge in [-0.1, -0.05) is 33.1 Å². The lowest BCUT2D eigenvalue weighted by molar-refractivity contribution is -0.130. The fourth-order valence-corrected chi connectivity index (χ4v) is 7.34. The lowest BCUT2D eigenvalue weighted by Crippen LogP contribution is -2.43. The molecule has 150 valence electrons.